The van der Waals surface area contributed by atoms with Gasteiger partial charge in [0.1, 0.15) is 22.9 Å². The summed E-state index contributed by atoms with van der Waals surface area (Å²) in [5.74, 6) is -1.01. The lowest BCUT2D eigenvalue weighted by molar-refractivity contribution is 0.0697. The van der Waals surface area contributed by atoms with Crippen LogP contribution in [0.25, 0.3) is 5.69 Å². The van der Waals surface area contributed by atoms with Crippen LogP contribution in [0.3, 0.4) is 0 Å². The van der Waals surface area contributed by atoms with Gasteiger partial charge in [-0.15, -0.1) is 4.68 Å². The van der Waals surface area contributed by atoms with Crippen molar-refractivity contribution in [2.45, 2.75) is 13.8 Å². The first-order valence-electron chi connectivity index (χ1n) is 11.1. The Morgan fingerprint density at radius 2 is 1.76 bits per heavy atom. The Kier molecular flexibility index (Phi) is 7.00. The molecule has 4 aromatic rings. The van der Waals surface area contributed by atoms with Crippen molar-refractivity contribution in [3.8, 4) is 22.9 Å². The third-order valence-corrected chi connectivity index (χ3v) is 5.50. The van der Waals surface area contributed by atoms with Gasteiger partial charge in [-0.1, -0.05) is 12.1 Å². The predicted octanol–water partition coefficient (Wildman–Crippen LogP) is 3.87. The molecule has 1 heterocycles. The first kappa shape index (κ1) is 25.1. The van der Waals surface area contributed by atoms with E-state index in [0.717, 1.165) is 6.07 Å². The SMILES string of the molecule is CCN(C(=O)n1nnn(-c2c(F)cccc2OC)c1=O)c1cc(Oc2ccc(C(=O)O)cc2)ccc1C. The van der Waals surface area contributed by atoms with Crippen LogP contribution in [0.1, 0.15) is 22.8 Å². The lowest BCUT2D eigenvalue weighted by Crippen LogP contribution is -2.41. The van der Waals surface area contributed by atoms with Crippen LogP contribution in [0, 0.1) is 12.7 Å². The van der Waals surface area contributed by atoms with Crippen LogP contribution >= 0.6 is 0 Å². The minimum Gasteiger partial charge on any atom is -0.494 e. The Morgan fingerprint density at radius 3 is 2.41 bits per heavy atom. The Hall–Kier alpha value is -5.00. The second-order valence-electron chi connectivity index (χ2n) is 7.78. The summed E-state index contributed by atoms with van der Waals surface area (Å²) in [4.78, 5) is 38.7. The summed E-state index contributed by atoms with van der Waals surface area (Å²) >= 11 is 0. The van der Waals surface area contributed by atoms with E-state index in [4.69, 9.17) is 14.6 Å². The van der Waals surface area contributed by atoms with E-state index in [1.165, 1.54) is 48.4 Å². The van der Waals surface area contributed by atoms with E-state index >= 15 is 0 Å². The monoisotopic (exact) mass is 507 g/mol. The highest BCUT2D eigenvalue weighted by molar-refractivity contribution is 5.93. The largest absolute Gasteiger partial charge is 0.494 e. The van der Waals surface area contributed by atoms with Crippen molar-refractivity contribution in [1.82, 2.24) is 19.8 Å². The van der Waals surface area contributed by atoms with Crippen molar-refractivity contribution in [2.24, 2.45) is 0 Å². The summed E-state index contributed by atoms with van der Waals surface area (Å²) in [6, 6.07) is 14.1. The average Bonchev–Trinajstić information content (AvgIpc) is 3.26. The first-order chi connectivity index (χ1) is 17.7. The average molecular weight is 507 g/mol. The number of amides is 1. The quantitative estimate of drug-likeness (QED) is 0.373. The third-order valence-electron chi connectivity index (χ3n) is 5.50. The molecule has 0 fully saturated rings. The molecule has 0 spiro atoms. The maximum atomic E-state index is 14.5. The van der Waals surface area contributed by atoms with Gasteiger partial charge >= 0.3 is 17.7 Å². The molecule has 0 saturated heterocycles. The van der Waals surface area contributed by atoms with Gasteiger partial charge < -0.3 is 14.6 Å². The minimum atomic E-state index is -1.05. The Morgan fingerprint density at radius 1 is 1.05 bits per heavy atom. The van der Waals surface area contributed by atoms with E-state index in [1.54, 1.807) is 32.0 Å². The summed E-state index contributed by atoms with van der Waals surface area (Å²) < 4.78 is 26.6. The van der Waals surface area contributed by atoms with E-state index in [2.05, 4.69) is 10.4 Å². The number of carbonyl (C=O) groups excluding carboxylic acids is 1. The van der Waals surface area contributed by atoms with Gasteiger partial charge in [-0.2, -0.15) is 4.68 Å². The molecule has 37 heavy (non-hydrogen) atoms. The van der Waals surface area contributed by atoms with Gasteiger partial charge in [-0.25, -0.2) is 18.8 Å². The van der Waals surface area contributed by atoms with Crippen molar-refractivity contribution in [3.05, 3.63) is 88.1 Å². The van der Waals surface area contributed by atoms with Crippen LogP contribution in [0.15, 0.2) is 65.5 Å². The third kappa shape index (κ3) is 4.89. The zero-order valence-electron chi connectivity index (χ0n) is 20.1. The zero-order chi connectivity index (χ0) is 26.7. The number of para-hydroxylation sites is 1. The summed E-state index contributed by atoms with van der Waals surface area (Å²) in [7, 11) is 1.32. The fraction of sp³-hybridized carbons (Fsp3) is 0.160. The summed E-state index contributed by atoms with van der Waals surface area (Å²) in [6.07, 6.45) is 0. The molecular formula is C25H22FN5O6. The Bertz CT molecular complexity index is 1530. The fourth-order valence-corrected chi connectivity index (χ4v) is 3.64. The number of halogens is 1. The van der Waals surface area contributed by atoms with Crippen LogP contribution in [-0.4, -0.2) is 50.6 Å². The van der Waals surface area contributed by atoms with Gasteiger partial charge in [0.25, 0.3) is 0 Å². The topological polar surface area (TPSA) is 129 Å². The molecule has 0 radical (unpaired) electrons. The molecular weight excluding hydrogens is 485 g/mol. The number of tetrazole rings is 1. The van der Waals surface area contributed by atoms with E-state index in [0.29, 0.717) is 32.1 Å². The van der Waals surface area contributed by atoms with E-state index < -0.39 is 23.5 Å². The summed E-state index contributed by atoms with van der Waals surface area (Å²) in [6.45, 7) is 3.66. The van der Waals surface area contributed by atoms with Gasteiger partial charge in [0.05, 0.1) is 18.4 Å². The standard InChI is InChI=1S/C25H22FN5O6/c1-4-29(20-14-18(11-8-15(20)2)37-17-12-9-16(10-13-17)23(32)33)24(34)31-25(35)30(27-28-31)22-19(26)6-5-7-21(22)36-3/h5-14H,4H2,1-3H3,(H,32,33). The molecule has 1 aromatic heterocycles. The number of anilines is 1. The lowest BCUT2D eigenvalue weighted by Gasteiger charge is -2.22. The van der Waals surface area contributed by atoms with Crippen molar-refractivity contribution in [1.29, 1.82) is 0 Å². The molecule has 0 aliphatic heterocycles. The van der Waals surface area contributed by atoms with Gasteiger partial charge in [0, 0.05) is 12.6 Å². The number of aromatic nitrogens is 4. The molecule has 190 valence electrons. The van der Waals surface area contributed by atoms with Crippen LogP contribution in [-0.2, 0) is 0 Å². The lowest BCUT2D eigenvalue weighted by atomic mass is 10.1. The highest BCUT2D eigenvalue weighted by Crippen LogP contribution is 2.30. The number of carbonyl (C=O) groups is 2. The molecule has 0 atom stereocenters. The number of carboxylic acids is 1. The number of nitrogens with zero attached hydrogens (tertiary/aromatic N) is 5. The number of ether oxygens (including phenoxy) is 2. The highest BCUT2D eigenvalue weighted by atomic mass is 19.1. The van der Waals surface area contributed by atoms with E-state index in [-0.39, 0.29) is 23.5 Å². The second kappa shape index (κ2) is 10.3. The number of aryl methyl sites for hydroxylation is 1. The maximum Gasteiger partial charge on any atom is 0.377 e. The van der Waals surface area contributed by atoms with Crippen LogP contribution in [0.4, 0.5) is 14.9 Å². The normalized spacial score (nSPS) is 10.7. The van der Waals surface area contributed by atoms with Gasteiger partial charge in [-0.05, 0) is 72.3 Å². The minimum absolute atomic E-state index is 0.0472. The number of hydrogen-bond acceptors (Lipinski definition) is 7. The molecule has 11 nitrogen and oxygen atoms in total. The zero-order valence-corrected chi connectivity index (χ0v) is 20.1. The highest BCUT2D eigenvalue weighted by Gasteiger charge is 2.25. The molecule has 0 aliphatic rings. The second-order valence-corrected chi connectivity index (χ2v) is 7.78. The molecule has 12 heteroatoms. The Labute approximate surface area is 209 Å². The van der Waals surface area contributed by atoms with Crippen molar-refractivity contribution in [2.75, 3.05) is 18.6 Å². The Balaban J connectivity index is 1.66. The van der Waals surface area contributed by atoms with Crippen LogP contribution < -0.4 is 20.1 Å². The number of aromatic carboxylic acids is 1. The summed E-state index contributed by atoms with van der Waals surface area (Å²) in [5.41, 5.74) is 0.0243. The number of rotatable bonds is 7. The van der Waals surface area contributed by atoms with E-state index in [1.807, 2.05) is 0 Å². The van der Waals surface area contributed by atoms with Crippen LogP contribution in [0.5, 0.6) is 17.2 Å². The van der Waals surface area contributed by atoms with Gasteiger partial charge in [-0.3, -0.25) is 4.90 Å². The van der Waals surface area contributed by atoms with Crippen LogP contribution in [0.2, 0.25) is 0 Å². The smallest absolute Gasteiger partial charge is 0.377 e. The van der Waals surface area contributed by atoms with Gasteiger partial charge in [0.2, 0.25) is 0 Å². The van der Waals surface area contributed by atoms with Crippen molar-refractivity contribution < 1.29 is 28.6 Å². The number of benzene rings is 3. The molecule has 0 unspecified atom stereocenters. The molecule has 1 amide bonds. The van der Waals surface area contributed by atoms with Gasteiger partial charge in [0.15, 0.2) is 5.82 Å². The fourth-order valence-electron chi connectivity index (χ4n) is 3.64. The number of hydrogen-bond donors (Lipinski definition) is 1. The molecule has 0 aliphatic carbocycles. The number of carboxylic acid groups (broad SMARTS) is 1. The van der Waals surface area contributed by atoms with Crippen molar-refractivity contribution >= 4 is 17.7 Å². The number of methoxy groups -OCH3 is 1. The first-order valence-corrected chi connectivity index (χ1v) is 11.1. The molecule has 3 aromatic carbocycles. The molecule has 4 rings (SSSR count). The molecule has 0 bridgehead atoms. The predicted molar refractivity (Wildman–Crippen MR) is 131 cm³/mol. The molecule has 1 N–H and O–H groups in total. The maximum absolute atomic E-state index is 14.5. The van der Waals surface area contributed by atoms with E-state index in [9.17, 15) is 18.8 Å². The van der Waals surface area contributed by atoms with Crippen molar-refractivity contribution in [3.63, 3.8) is 0 Å². The summed E-state index contributed by atoms with van der Waals surface area (Å²) in [5, 5.41) is 16.4. The molecule has 0 saturated carbocycles.